The summed E-state index contributed by atoms with van der Waals surface area (Å²) in [6.45, 7) is 0.831. The van der Waals surface area contributed by atoms with Crippen LogP contribution in [0.4, 0.5) is 0 Å². The van der Waals surface area contributed by atoms with E-state index in [4.69, 9.17) is 0 Å². The maximum absolute atomic E-state index is 12.4. The third-order valence-corrected chi connectivity index (χ3v) is 7.81. The standard InChI is InChI=1S/C20H27N3O2S2/c24-17(21-11-13-5-2-1-3-6-13)9-10-26-12-16-22-19(25)18-14-7-4-8-15(14)27-20(18)23-16/h13H,1-12H2,(H,21,24)(H,22,23,25). The average Bonchev–Trinajstić information content (AvgIpc) is 3.25. The van der Waals surface area contributed by atoms with E-state index >= 15 is 0 Å². The van der Waals surface area contributed by atoms with Crippen molar-refractivity contribution >= 4 is 39.2 Å². The topological polar surface area (TPSA) is 74.8 Å². The summed E-state index contributed by atoms with van der Waals surface area (Å²) in [5.74, 6) is 2.92. The highest BCUT2D eigenvalue weighted by atomic mass is 32.2. The lowest BCUT2D eigenvalue weighted by Crippen LogP contribution is -2.30. The van der Waals surface area contributed by atoms with Crippen LogP contribution in [0.3, 0.4) is 0 Å². The number of carbonyl (C=O) groups is 1. The molecule has 0 aliphatic heterocycles. The minimum atomic E-state index is 0.000208. The Morgan fingerprint density at radius 3 is 2.93 bits per heavy atom. The second-order valence-electron chi connectivity index (χ2n) is 7.66. The Balaban J connectivity index is 1.23. The summed E-state index contributed by atoms with van der Waals surface area (Å²) in [4.78, 5) is 34.3. The molecule has 0 radical (unpaired) electrons. The summed E-state index contributed by atoms with van der Waals surface area (Å²) >= 11 is 3.33. The number of thiophene rings is 1. The van der Waals surface area contributed by atoms with Crippen molar-refractivity contribution in [1.29, 1.82) is 0 Å². The van der Waals surface area contributed by atoms with Gasteiger partial charge < -0.3 is 10.3 Å². The molecule has 0 atom stereocenters. The Morgan fingerprint density at radius 2 is 2.07 bits per heavy atom. The van der Waals surface area contributed by atoms with Gasteiger partial charge in [0, 0.05) is 23.6 Å². The monoisotopic (exact) mass is 405 g/mol. The van der Waals surface area contributed by atoms with Crippen molar-refractivity contribution in [3.63, 3.8) is 0 Å². The molecule has 0 unspecified atom stereocenters. The highest BCUT2D eigenvalue weighted by Gasteiger charge is 2.21. The lowest BCUT2D eigenvalue weighted by atomic mass is 9.89. The SMILES string of the molecule is O=C(CCSCc1nc2sc3c(c2c(=O)[nH]1)CCC3)NCC1CCCCC1. The van der Waals surface area contributed by atoms with Crippen molar-refractivity contribution in [3.05, 3.63) is 26.6 Å². The normalized spacial score (nSPS) is 17.3. The second kappa shape index (κ2) is 8.78. The van der Waals surface area contributed by atoms with Crippen molar-refractivity contribution < 1.29 is 4.79 Å². The van der Waals surface area contributed by atoms with Crippen LogP contribution in [0.25, 0.3) is 10.2 Å². The largest absolute Gasteiger partial charge is 0.356 e. The molecule has 1 fully saturated rings. The molecule has 0 spiro atoms. The summed E-state index contributed by atoms with van der Waals surface area (Å²) in [6.07, 6.45) is 10.2. The Labute approximate surface area is 167 Å². The third kappa shape index (κ3) is 4.57. The number of hydrogen-bond donors (Lipinski definition) is 2. The molecule has 7 heteroatoms. The molecule has 146 valence electrons. The second-order valence-corrected chi connectivity index (χ2v) is 9.85. The van der Waals surface area contributed by atoms with E-state index in [1.54, 1.807) is 23.1 Å². The predicted molar refractivity (Wildman–Crippen MR) is 113 cm³/mol. The number of carbonyl (C=O) groups excluding carboxylic acids is 1. The van der Waals surface area contributed by atoms with Gasteiger partial charge in [0.1, 0.15) is 10.7 Å². The van der Waals surface area contributed by atoms with E-state index in [1.165, 1.54) is 42.5 Å². The highest BCUT2D eigenvalue weighted by Crippen LogP contribution is 2.34. The molecule has 2 aromatic heterocycles. The predicted octanol–water partition coefficient (Wildman–Crippen LogP) is 3.79. The first-order valence-electron chi connectivity index (χ1n) is 10.1. The van der Waals surface area contributed by atoms with Crippen molar-refractivity contribution in [2.45, 2.75) is 63.5 Å². The molecular weight excluding hydrogens is 378 g/mol. The van der Waals surface area contributed by atoms with E-state index in [1.807, 2.05) is 0 Å². The smallest absolute Gasteiger partial charge is 0.259 e. The summed E-state index contributed by atoms with van der Waals surface area (Å²) in [5, 5.41) is 3.89. The third-order valence-electron chi connectivity index (χ3n) is 5.65. The van der Waals surface area contributed by atoms with E-state index < -0.39 is 0 Å². The van der Waals surface area contributed by atoms with Gasteiger partial charge in [-0.15, -0.1) is 11.3 Å². The van der Waals surface area contributed by atoms with E-state index in [0.29, 0.717) is 18.1 Å². The van der Waals surface area contributed by atoms with Gasteiger partial charge in [-0.2, -0.15) is 11.8 Å². The minimum Gasteiger partial charge on any atom is -0.356 e. The van der Waals surface area contributed by atoms with Crippen molar-refractivity contribution in [1.82, 2.24) is 15.3 Å². The number of thioether (sulfide) groups is 1. The van der Waals surface area contributed by atoms with Crippen LogP contribution in [0.1, 0.15) is 61.2 Å². The lowest BCUT2D eigenvalue weighted by molar-refractivity contribution is -0.120. The quantitative estimate of drug-likeness (QED) is 0.687. The van der Waals surface area contributed by atoms with Gasteiger partial charge in [0.2, 0.25) is 5.91 Å². The molecular formula is C20H27N3O2S2. The van der Waals surface area contributed by atoms with Crippen LogP contribution in [0.5, 0.6) is 0 Å². The molecule has 0 saturated heterocycles. The molecule has 2 aliphatic rings. The molecule has 0 bridgehead atoms. The number of rotatable bonds is 7. The van der Waals surface area contributed by atoms with Crippen molar-refractivity contribution in [2.75, 3.05) is 12.3 Å². The van der Waals surface area contributed by atoms with Crippen LogP contribution in [0.15, 0.2) is 4.79 Å². The fourth-order valence-corrected chi connectivity index (χ4v) is 6.27. The molecule has 1 saturated carbocycles. The number of amides is 1. The molecule has 2 N–H and O–H groups in total. The highest BCUT2D eigenvalue weighted by molar-refractivity contribution is 7.98. The van der Waals surface area contributed by atoms with E-state index in [-0.39, 0.29) is 11.5 Å². The molecule has 0 aromatic carbocycles. The van der Waals surface area contributed by atoms with Gasteiger partial charge in [0.05, 0.1) is 11.1 Å². The number of nitrogens with one attached hydrogen (secondary N) is 2. The number of nitrogens with zero attached hydrogens (tertiary/aromatic N) is 1. The van der Waals surface area contributed by atoms with Gasteiger partial charge in [0.15, 0.2) is 0 Å². The first-order chi connectivity index (χ1) is 13.2. The average molecular weight is 406 g/mol. The Kier molecular flexibility index (Phi) is 6.18. The summed E-state index contributed by atoms with van der Waals surface area (Å²) in [5.41, 5.74) is 1.22. The lowest BCUT2D eigenvalue weighted by Gasteiger charge is -2.21. The van der Waals surface area contributed by atoms with Gasteiger partial charge in [0.25, 0.3) is 5.56 Å². The zero-order valence-electron chi connectivity index (χ0n) is 15.6. The van der Waals surface area contributed by atoms with Crippen LogP contribution in [0.2, 0.25) is 0 Å². The van der Waals surface area contributed by atoms with Gasteiger partial charge in [-0.1, -0.05) is 19.3 Å². The number of hydrogen-bond acceptors (Lipinski definition) is 5. The van der Waals surface area contributed by atoms with E-state index in [9.17, 15) is 9.59 Å². The van der Waals surface area contributed by atoms with Crippen LogP contribution in [-0.2, 0) is 23.4 Å². The summed E-state index contributed by atoms with van der Waals surface area (Å²) < 4.78 is 0. The number of aryl methyl sites for hydroxylation is 2. The fourth-order valence-electron chi connectivity index (χ4n) is 4.19. The molecule has 2 aromatic rings. The number of H-pyrrole nitrogens is 1. The van der Waals surface area contributed by atoms with E-state index in [0.717, 1.165) is 47.6 Å². The van der Waals surface area contributed by atoms with Crippen LogP contribution in [-0.4, -0.2) is 28.2 Å². The van der Waals surface area contributed by atoms with Gasteiger partial charge in [-0.05, 0) is 43.6 Å². The maximum Gasteiger partial charge on any atom is 0.259 e. The van der Waals surface area contributed by atoms with Crippen LogP contribution < -0.4 is 10.9 Å². The zero-order valence-corrected chi connectivity index (χ0v) is 17.3. The molecule has 27 heavy (non-hydrogen) atoms. The molecule has 4 rings (SSSR count). The Bertz CT molecular complexity index is 868. The van der Waals surface area contributed by atoms with E-state index in [2.05, 4.69) is 15.3 Å². The summed E-state index contributed by atoms with van der Waals surface area (Å²) in [6, 6.07) is 0. The van der Waals surface area contributed by atoms with Crippen molar-refractivity contribution in [2.24, 2.45) is 5.92 Å². The fraction of sp³-hybridized carbons (Fsp3) is 0.650. The first kappa shape index (κ1) is 19.0. The van der Waals surface area contributed by atoms with Crippen LogP contribution in [0, 0.1) is 5.92 Å². The van der Waals surface area contributed by atoms with Gasteiger partial charge >= 0.3 is 0 Å². The first-order valence-corrected chi connectivity index (χ1v) is 12.1. The molecule has 5 nitrogen and oxygen atoms in total. The molecule has 1 amide bonds. The number of aromatic amines is 1. The Morgan fingerprint density at radius 1 is 1.22 bits per heavy atom. The number of aromatic nitrogens is 2. The van der Waals surface area contributed by atoms with Crippen molar-refractivity contribution in [3.8, 4) is 0 Å². The Hall–Kier alpha value is -1.34. The zero-order chi connectivity index (χ0) is 18.6. The van der Waals surface area contributed by atoms with Crippen LogP contribution >= 0.6 is 23.1 Å². The maximum atomic E-state index is 12.4. The van der Waals surface area contributed by atoms with Gasteiger partial charge in [-0.3, -0.25) is 9.59 Å². The summed E-state index contributed by atoms with van der Waals surface area (Å²) in [7, 11) is 0. The number of fused-ring (bicyclic) bond motifs is 3. The molecule has 2 heterocycles. The molecule has 2 aliphatic carbocycles. The van der Waals surface area contributed by atoms with Gasteiger partial charge in [-0.25, -0.2) is 4.98 Å². The minimum absolute atomic E-state index is 0.000208.